The summed E-state index contributed by atoms with van der Waals surface area (Å²) in [4.78, 5) is 22.1. The molecule has 2 N–H and O–H groups in total. The van der Waals surface area contributed by atoms with Crippen LogP contribution < -0.4 is 5.73 Å². The van der Waals surface area contributed by atoms with Crippen LogP contribution in [0.3, 0.4) is 0 Å². The molecule has 98 valence electrons. The van der Waals surface area contributed by atoms with Crippen LogP contribution >= 0.6 is 0 Å². The van der Waals surface area contributed by atoms with Crippen LogP contribution in [0, 0.1) is 6.92 Å². The van der Waals surface area contributed by atoms with E-state index in [0.29, 0.717) is 17.9 Å². The molecule has 0 fully saturated rings. The van der Waals surface area contributed by atoms with Crippen molar-refractivity contribution in [1.29, 1.82) is 0 Å². The topological polar surface area (TPSA) is 72.1 Å². The molecule has 0 spiro atoms. The fourth-order valence-electron chi connectivity index (χ4n) is 1.75. The van der Waals surface area contributed by atoms with Gasteiger partial charge in [-0.1, -0.05) is 6.07 Å². The SMILES string of the molecule is Cc1cccc(CN(C)C(=O)c2ccc(N)nc2)n1. The molecule has 19 heavy (non-hydrogen) atoms. The molecule has 1 amide bonds. The summed E-state index contributed by atoms with van der Waals surface area (Å²) in [6.07, 6.45) is 1.48. The first kappa shape index (κ1) is 13.0. The van der Waals surface area contributed by atoms with Crippen LogP contribution in [0.4, 0.5) is 5.82 Å². The molecule has 2 aromatic heterocycles. The second kappa shape index (κ2) is 5.48. The molecule has 0 aliphatic carbocycles. The van der Waals surface area contributed by atoms with Gasteiger partial charge in [0.1, 0.15) is 5.82 Å². The third-order valence-corrected chi connectivity index (χ3v) is 2.73. The van der Waals surface area contributed by atoms with E-state index in [2.05, 4.69) is 9.97 Å². The fourth-order valence-corrected chi connectivity index (χ4v) is 1.75. The lowest BCUT2D eigenvalue weighted by Crippen LogP contribution is -2.26. The lowest BCUT2D eigenvalue weighted by atomic mass is 10.2. The standard InChI is InChI=1S/C14H16N4O/c1-10-4-3-5-12(17-10)9-18(2)14(19)11-6-7-13(15)16-8-11/h3-8H,9H2,1-2H3,(H2,15,16). The Morgan fingerprint density at radius 2 is 2.11 bits per heavy atom. The summed E-state index contributed by atoms with van der Waals surface area (Å²) in [6, 6.07) is 9.05. The van der Waals surface area contributed by atoms with Crippen LogP contribution in [0.15, 0.2) is 36.5 Å². The van der Waals surface area contributed by atoms with Gasteiger partial charge in [-0.15, -0.1) is 0 Å². The van der Waals surface area contributed by atoms with Crippen LogP contribution in [0.2, 0.25) is 0 Å². The van der Waals surface area contributed by atoms with Gasteiger partial charge >= 0.3 is 0 Å². The molecule has 0 saturated heterocycles. The minimum absolute atomic E-state index is 0.101. The minimum atomic E-state index is -0.101. The Morgan fingerprint density at radius 3 is 2.74 bits per heavy atom. The molecule has 2 rings (SSSR count). The molecular weight excluding hydrogens is 240 g/mol. The fraction of sp³-hybridized carbons (Fsp3) is 0.214. The maximum absolute atomic E-state index is 12.2. The maximum atomic E-state index is 12.2. The number of hydrogen-bond acceptors (Lipinski definition) is 4. The Morgan fingerprint density at radius 1 is 1.32 bits per heavy atom. The summed E-state index contributed by atoms with van der Waals surface area (Å²) in [5.74, 6) is 0.301. The first-order valence-electron chi connectivity index (χ1n) is 5.96. The average Bonchev–Trinajstić information content (AvgIpc) is 2.39. The Labute approximate surface area is 112 Å². The smallest absolute Gasteiger partial charge is 0.255 e. The summed E-state index contributed by atoms with van der Waals surface area (Å²) >= 11 is 0. The molecule has 5 nitrogen and oxygen atoms in total. The van der Waals surface area contributed by atoms with Crippen molar-refractivity contribution in [3.8, 4) is 0 Å². The van der Waals surface area contributed by atoms with E-state index < -0.39 is 0 Å². The summed E-state index contributed by atoms with van der Waals surface area (Å²) in [5.41, 5.74) is 7.81. The summed E-state index contributed by atoms with van der Waals surface area (Å²) in [7, 11) is 1.74. The second-order valence-electron chi connectivity index (χ2n) is 4.40. The summed E-state index contributed by atoms with van der Waals surface area (Å²) in [5, 5.41) is 0. The van der Waals surface area contributed by atoms with E-state index in [1.54, 1.807) is 24.1 Å². The molecule has 0 radical (unpaired) electrons. The number of carbonyl (C=O) groups excluding carboxylic acids is 1. The van der Waals surface area contributed by atoms with Gasteiger partial charge < -0.3 is 10.6 Å². The van der Waals surface area contributed by atoms with Crippen molar-refractivity contribution in [3.05, 3.63) is 53.5 Å². The number of amides is 1. The van der Waals surface area contributed by atoms with Gasteiger partial charge in [-0.2, -0.15) is 0 Å². The molecule has 0 aromatic carbocycles. The van der Waals surface area contributed by atoms with Crippen LogP contribution in [-0.4, -0.2) is 27.8 Å². The lowest BCUT2D eigenvalue weighted by Gasteiger charge is -2.16. The number of hydrogen-bond donors (Lipinski definition) is 1. The summed E-state index contributed by atoms with van der Waals surface area (Å²) < 4.78 is 0. The molecule has 0 bridgehead atoms. The molecule has 0 atom stereocenters. The highest BCUT2D eigenvalue weighted by atomic mass is 16.2. The number of anilines is 1. The predicted octanol–water partition coefficient (Wildman–Crippen LogP) is 1.64. The lowest BCUT2D eigenvalue weighted by molar-refractivity contribution is 0.0783. The number of rotatable bonds is 3. The van der Waals surface area contributed by atoms with Crippen LogP contribution in [-0.2, 0) is 6.54 Å². The molecule has 5 heteroatoms. The van der Waals surface area contributed by atoms with Gasteiger partial charge in [-0.25, -0.2) is 4.98 Å². The molecule has 0 unspecified atom stereocenters. The highest BCUT2D eigenvalue weighted by Crippen LogP contribution is 2.08. The highest BCUT2D eigenvalue weighted by molar-refractivity contribution is 5.93. The predicted molar refractivity (Wildman–Crippen MR) is 73.4 cm³/mol. The quantitative estimate of drug-likeness (QED) is 0.906. The second-order valence-corrected chi connectivity index (χ2v) is 4.40. The number of nitrogens with zero attached hydrogens (tertiary/aromatic N) is 3. The van der Waals surface area contributed by atoms with Crippen molar-refractivity contribution in [3.63, 3.8) is 0 Å². The van der Waals surface area contributed by atoms with Crippen molar-refractivity contribution in [2.75, 3.05) is 12.8 Å². The number of carbonyl (C=O) groups is 1. The molecule has 2 aromatic rings. The Balaban J connectivity index is 2.09. The van der Waals surface area contributed by atoms with Crippen molar-refractivity contribution in [2.24, 2.45) is 0 Å². The Bertz CT molecular complexity index is 580. The van der Waals surface area contributed by atoms with Crippen LogP contribution in [0.5, 0.6) is 0 Å². The van der Waals surface area contributed by atoms with E-state index in [4.69, 9.17) is 5.73 Å². The van der Waals surface area contributed by atoms with Gasteiger partial charge in [0.25, 0.3) is 5.91 Å². The normalized spacial score (nSPS) is 10.2. The number of aryl methyl sites for hydroxylation is 1. The molecule has 0 aliphatic heterocycles. The van der Waals surface area contributed by atoms with Crippen molar-refractivity contribution in [1.82, 2.24) is 14.9 Å². The van der Waals surface area contributed by atoms with E-state index >= 15 is 0 Å². The zero-order valence-corrected chi connectivity index (χ0v) is 11.0. The largest absolute Gasteiger partial charge is 0.384 e. The molecule has 0 aliphatic rings. The van der Waals surface area contributed by atoms with Crippen LogP contribution in [0.1, 0.15) is 21.7 Å². The van der Waals surface area contributed by atoms with Gasteiger partial charge in [0.15, 0.2) is 0 Å². The van der Waals surface area contributed by atoms with Crippen molar-refractivity contribution < 1.29 is 4.79 Å². The first-order chi connectivity index (χ1) is 9.06. The summed E-state index contributed by atoms with van der Waals surface area (Å²) in [6.45, 7) is 2.39. The Hall–Kier alpha value is -2.43. The molecule has 0 saturated carbocycles. The van der Waals surface area contributed by atoms with E-state index in [0.717, 1.165) is 11.4 Å². The van der Waals surface area contributed by atoms with E-state index in [-0.39, 0.29) is 5.91 Å². The zero-order valence-electron chi connectivity index (χ0n) is 11.0. The monoisotopic (exact) mass is 256 g/mol. The first-order valence-corrected chi connectivity index (χ1v) is 5.96. The Kier molecular flexibility index (Phi) is 3.75. The van der Waals surface area contributed by atoms with Crippen molar-refractivity contribution in [2.45, 2.75) is 13.5 Å². The maximum Gasteiger partial charge on any atom is 0.255 e. The molecular formula is C14H16N4O. The highest BCUT2D eigenvalue weighted by Gasteiger charge is 2.12. The van der Waals surface area contributed by atoms with Gasteiger partial charge in [-0.05, 0) is 31.2 Å². The van der Waals surface area contributed by atoms with E-state index in [9.17, 15) is 4.79 Å². The van der Waals surface area contributed by atoms with Gasteiger partial charge in [0, 0.05) is 18.9 Å². The van der Waals surface area contributed by atoms with Gasteiger partial charge in [0.05, 0.1) is 17.8 Å². The van der Waals surface area contributed by atoms with Crippen molar-refractivity contribution >= 4 is 11.7 Å². The van der Waals surface area contributed by atoms with Gasteiger partial charge in [-0.3, -0.25) is 9.78 Å². The number of pyridine rings is 2. The average molecular weight is 256 g/mol. The number of aromatic nitrogens is 2. The molecule has 2 heterocycles. The van der Waals surface area contributed by atoms with Crippen LogP contribution in [0.25, 0.3) is 0 Å². The van der Waals surface area contributed by atoms with E-state index in [1.807, 2.05) is 25.1 Å². The van der Waals surface area contributed by atoms with Gasteiger partial charge in [0.2, 0.25) is 0 Å². The third kappa shape index (κ3) is 3.28. The third-order valence-electron chi connectivity index (χ3n) is 2.73. The van der Waals surface area contributed by atoms with E-state index in [1.165, 1.54) is 6.20 Å². The zero-order chi connectivity index (χ0) is 13.8. The minimum Gasteiger partial charge on any atom is -0.384 e. The number of nitrogen functional groups attached to an aromatic ring is 1. The number of nitrogens with two attached hydrogens (primary N) is 1.